The molecule has 1 aliphatic carbocycles. The lowest BCUT2D eigenvalue weighted by Crippen LogP contribution is -2.16. The Kier molecular flexibility index (Phi) is 5.51. The van der Waals surface area contributed by atoms with Crippen LogP contribution >= 0.6 is 11.6 Å². The summed E-state index contributed by atoms with van der Waals surface area (Å²) < 4.78 is 15.1. The first-order valence-corrected chi connectivity index (χ1v) is 10.9. The van der Waals surface area contributed by atoms with Gasteiger partial charge in [-0.25, -0.2) is 14.1 Å². The summed E-state index contributed by atoms with van der Waals surface area (Å²) in [5, 5.41) is 16.4. The molecule has 0 radical (unpaired) electrons. The molecule has 5 rings (SSSR count). The van der Waals surface area contributed by atoms with Gasteiger partial charge >= 0.3 is 0 Å². The second-order valence-corrected chi connectivity index (χ2v) is 8.32. The predicted molar refractivity (Wildman–Crippen MR) is 127 cm³/mol. The van der Waals surface area contributed by atoms with Gasteiger partial charge in [-0.15, -0.1) is 0 Å². The van der Waals surface area contributed by atoms with Gasteiger partial charge in [0, 0.05) is 23.0 Å². The Bertz CT molecular complexity index is 1560. The van der Waals surface area contributed by atoms with Crippen molar-refractivity contribution >= 4 is 29.1 Å². The highest BCUT2D eigenvalue weighted by Crippen LogP contribution is 2.38. The smallest absolute Gasteiger partial charge is 0.269 e. The normalized spacial score (nSPS) is 11.8. The van der Waals surface area contributed by atoms with Crippen LogP contribution in [0, 0.1) is 17.1 Å². The number of rotatable bonds is 4. The Morgan fingerprint density at radius 1 is 1.14 bits per heavy atom. The van der Waals surface area contributed by atoms with Crippen LogP contribution in [0.25, 0.3) is 16.9 Å². The van der Waals surface area contributed by atoms with Gasteiger partial charge in [-0.1, -0.05) is 17.7 Å². The standard InChI is InChI=1S/C25H16ClFN6O2/c26-21-12-30-16(11-28)10-20(21)25(35)31-15-5-1-13-2-8-18-22(24(29)34)32-33(23(18)19(13)9-15)17-6-3-14(27)4-7-17/h1,3-7,9-10,12H,2,8H2,(H2,29,34)(H,31,35). The third kappa shape index (κ3) is 4.00. The molecule has 2 amide bonds. The number of carbonyl (C=O) groups excluding carboxylic acids is 2. The van der Waals surface area contributed by atoms with E-state index >= 15 is 0 Å². The quantitative estimate of drug-likeness (QED) is 0.450. The third-order valence-corrected chi connectivity index (χ3v) is 6.07. The Morgan fingerprint density at radius 3 is 2.63 bits per heavy atom. The number of nitrogens with zero attached hydrogens (tertiary/aromatic N) is 4. The summed E-state index contributed by atoms with van der Waals surface area (Å²) in [6, 6.07) is 14.4. The summed E-state index contributed by atoms with van der Waals surface area (Å²) >= 11 is 6.11. The number of aromatic nitrogens is 3. The number of hydrogen-bond acceptors (Lipinski definition) is 5. The van der Waals surface area contributed by atoms with Gasteiger partial charge < -0.3 is 11.1 Å². The van der Waals surface area contributed by atoms with Crippen molar-refractivity contribution in [2.75, 3.05) is 5.32 Å². The summed E-state index contributed by atoms with van der Waals surface area (Å²) in [5.41, 5.74) is 10.0. The molecule has 1 aliphatic rings. The maximum atomic E-state index is 13.5. The van der Waals surface area contributed by atoms with Crippen molar-refractivity contribution in [2.45, 2.75) is 12.8 Å². The van der Waals surface area contributed by atoms with Crippen molar-refractivity contribution in [3.05, 3.63) is 93.6 Å². The molecule has 0 unspecified atom stereocenters. The number of benzene rings is 2. The largest absolute Gasteiger partial charge is 0.364 e. The van der Waals surface area contributed by atoms with Gasteiger partial charge in [0.05, 0.1) is 22.0 Å². The number of nitrogens with two attached hydrogens (primary N) is 1. The summed E-state index contributed by atoms with van der Waals surface area (Å²) in [4.78, 5) is 28.9. The minimum Gasteiger partial charge on any atom is -0.364 e. The highest BCUT2D eigenvalue weighted by Gasteiger charge is 2.28. The topological polar surface area (TPSA) is 127 Å². The highest BCUT2D eigenvalue weighted by atomic mass is 35.5. The van der Waals surface area contributed by atoms with E-state index in [0.29, 0.717) is 35.5 Å². The fourth-order valence-electron chi connectivity index (χ4n) is 4.16. The third-order valence-electron chi connectivity index (χ3n) is 5.77. The number of amides is 2. The molecule has 4 aromatic rings. The molecule has 2 aromatic carbocycles. The van der Waals surface area contributed by atoms with Crippen LogP contribution in [0.5, 0.6) is 0 Å². The molecule has 0 atom stereocenters. The average molecular weight is 487 g/mol. The molecule has 0 saturated carbocycles. The predicted octanol–water partition coefficient (Wildman–Crippen LogP) is 4.05. The van der Waals surface area contributed by atoms with Crippen molar-refractivity contribution < 1.29 is 14.0 Å². The maximum absolute atomic E-state index is 13.5. The lowest BCUT2D eigenvalue weighted by Gasteiger charge is -2.20. The van der Waals surface area contributed by atoms with Crippen molar-refractivity contribution in [2.24, 2.45) is 5.73 Å². The minimum atomic E-state index is -0.657. The van der Waals surface area contributed by atoms with E-state index in [-0.39, 0.29) is 22.0 Å². The van der Waals surface area contributed by atoms with Crippen LogP contribution in [0.3, 0.4) is 0 Å². The van der Waals surface area contributed by atoms with Crippen molar-refractivity contribution in [3.8, 4) is 23.0 Å². The summed E-state index contributed by atoms with van der Waals surface area (Å²) in [7, 11) is 0. The van der Waals surface area contributed by atoms with E-state index in [2.05, 4.69) is 15.4 Å². The summed E-state index contributed by atoms with van der Waals surface area (Å²) in [6.07, 6.45) is 2.45. The lowest BCUT2D eigenvalue weighted by atomic mass is 9.88. The molecule has 2 heterocycles. The van der Waals surface area contributed by atoms with Gasteiger partial charge in [0.25, 0.3) is 11.8 Å². The zero-order valence-corrected chi connectivity index (χ0v) is 18.8. The SMILES string of the molecule is N#Cc1cc(C(=O)Nc2ccc3c(c2)-c2c(c(C(N)=O)nn2-c2ccc(F)cc2)CC3)c(Cl)cn1. The van der Waals surface area contributed by atoms with E-state index < -0.39 is 17.6 Å². The number of primary amides is 1. The molecule has 10 heteroatoms. The number of anilines is 1. The van der Waals surface area contributed by atoms with Crippen LogP contribution in [-0.4, -0.2) is 26.6 Å². The Labute approximate surface area is 203 Å². The van der Waals surface area contributed by atoms with Crippen LogP contribution in [0.15, 0.2) is 54.7 Å². The molecule has 0 saturated heterocycles. The number of carbonyl (C=O) groups is 2. The van der Waals surface area contributed by atoms with E-state index in [1.807, 2.05) is 12.1 Å². The molecule has 0 aliphatic heterocycles. The van der Waals surface area contributed by atoms with E-state index in [9.17, 15) is 14.0 Å². The van der Waals surface area contributed by atoms with Gasteiger partial charge in [0.1, 0.15) is 17.6 Å². The maximum Gasteiger partial charge on any atom is 0.269 e. The summed E-state index contributed by atoms with van der Waals surface area (Å²) in [6.45, 7) is 0. The number of fused-ring (bicyclic) bond motifs is 3. The van der Waals surface area contributed by atoms with E-state index in [1.54, 1.807) is 28.9 Å². The number of nitriles is 1. The first-order chi connectivity index (χ1) is 16.9. The molecule has 2 aromatic heterocycles. The van der Waals surface area contributed by atoms with Crippen LogP contribution in [0.2, 0.25) is 5.02 Å². The first kappa shape index (κ1) is 22.3. The van der Waals surface area contributed by atoms with Crippen molar-refractivity contribution in [3.63, 3.8) is 0 Å². The molecule has 35 heavy (non-hydrogen) atoms. The monoisotopic (exact) mass is 486 g/mol. The van der Waals surface area contributed by atoms with Crippen LogP contribution < -0.4 is 11.1 Å². The number of pyridine rings is 1. The van der Waals surface area contributed by atoms with Crippen molar-refractivity contribution in [1.29, 1.82) is 5.26 Å². The van der Waals surface area contributed by atoms with Gasteiger partial charge in [-0.3, -0.25) is 9.59 Å². The van der Waals surface area contributed by atoms with Crippen LogP contribution in [0.1, 0.15) is 37.7 Å². The van der Waals surface area contributed by atoms with Crippen LogP contribution in [-0.2, 0) is 12.8 Å². The molecule has 8 nitrogen and oxygen atoms in total. The van der Waals surface area contributed by atoms with Gasteiger partial charge in [-0.2, -0.15) is 10.4 Å². The van der Waals surface area contributed by atoms with E-state index in [0.717, 1.165) is 11.1 Å². The molecule has 172 valence electrons. The number of aryl methyl sites for hydroxylation is 1. The molecular weight excluding hydrogens is 471 g/mol. The number of halogens is 2. The van der Waals surface area contributed by atoms with Gasteiger partial charge in [-0.05, 0) is 60.9 Å². The zero-order chi connectivity index (χ0) is 24.7. The fourth-order valence-corrected chi connectivity index (χ4v) is 4.34. The fraction of sp³-hybridized carbons (Fsp3) is 0.0800. The Morgan fingerprint density at radius 2 is 1.91 bits per heavy atom. The van der Waals surface area contributed by atoms with E-state index in [4.69, 9.17) is 22.6 Å². The van der Waals surface area contributed by atoms with Crippen LogP contribution in [0.4, 0.5) is 10.1 Å². The van der Waals surface area contributed by atoms with Gasteiger partial charge in [0.15, 0.2) is 5.69 Å². The second-order valence-electron chi connectivity index (χ2n) is 7.92. The molecule has 0 spiro atoms. The molecule has 0 bridgehead atoms. The first-order valence-electron chi connectivity index (χ1n) is 10.5. The minimum absolute atomic E-state index is 0.0665. The zero-order valence-electron chi connectivity index (χ0n) is 18.0. The van der Waals surface area contributed by atoms with Gasteiger partial charge in [0.2, 0.25) is 0 Å². The van der Waals surface area contributed by atoms with E-state index in [1.165, 1.54) is 24.4 Å². The lowest BCUT2D eigenvalue weighted by molar-refractivity contribution is 0.0992. The van der Waals surface area contributed by atoms with Crippen molar-refractivity contribution in [1.82, 2.24) is 14.8 Å². The Hall–Kier alpha value is -4.55. The average Bonchev–Trinajstić information content (AvgIpc) is 3.25. The summed E-state index contributed by atoms with van der Waals surface area (Å²) in [5.74, 6) is -1.56. The molecule has 3 N–H and O–H groups in total. The molecular formula is C25H16ClFN6O2. The Balaban J connectivity index is 1.59. The number of nitrogens with one attached hydrogen (secondary N) is 1. The second kappa shape index (κ2) is 8.66. The number of hydrogen-bond donors (Lipinski definition) is 2. The molecule has 0 fully saturated rings. The highest BCUT2D eigenvalue weighted by molar-refractivity contribution is 6.34.